The van der Waals surface area contributed by atoms with Gasteiger partial charge in [-0.15, -0.1) is 15.3 Å². The van der Waals surface area contributed by atoms with E-state index in [-0.39, 0.29) is 5.75 Å². The van der Waals surface area contributed by atoms with Crippen molar-refractivity contribution in [3.8, 4) is 28.3 Å². The maximum Gasteiger partial charge on any atom is 0.245 e. The molecular weight excluding hydrogens is 406 g/mol. The monoisotopic (exact) mass is 429 g/mol. The van der Waals surface area contributed by atoms with Crippen molar-refractivity contribution in [2.24, 2.45) is 13.0 Å². The van der Waals surface area contributed by atoms with Crippen LogP contribution in [0.3, 0.4) is 0 Å². The fourth-order valence-electron chi connectivity index (χ4n) is 4.31. The smallest absolute Gasteiger partial charge is 0.245 e. The van der Waals surface area contributed by atoms with E-state index in [4.69, 9.17) is 0 Å². The lowest BCUT2D eigenvalue weighted by molar-refractivity contribution is 0.414. The number of hydrogen-bond acceptors (Lipinski definition) is 9. The third-order valence-electron chi connectivity index (χ3n) is 6.30. The van der Waals surface area contributed by atoms with E-state index in [2.05, 4.69) is 40.7 Å². The minimum absolute atomic E-state index is 0.100. The lowest BCUT2D eigenvalue weighted by Crippen LogP contribution is -2.52. The second-order valence-corrected chi connectivity index (χ2v) is 8.49. The van der Waals surface area contributed by atoms with Crippen molar-refractivity contribution in [2.45, 2.75) is 18.9 Å². The van der Waals surface area contributed by atoms with E-state index in [1.54, 1.807) is 23.1 Å². The summed E-state index contributed by atoms with van der Waals surface area (Å²) in [6, 6.07) is 7.75. The van der Waals surface area contributed by atoms with Gasteiger partial charge in [-0.1, -0.05) is 11.3 Å². The van der Waals surface area contributed by atoms with Crippen molar-refractivity contribution in [1.82, 2.24) is 40.5 Å². The number of aryl methyl sites for hydroxylation is 1. The average molecular weight is 429 g/mol. The standard InChI is InChI=1S/C22H23N9O/c1-30-20-11-24-16(9-17(20)27-29-30)14-4-5-15(21(32)8-14)18-10-25-22(28-26-18)31-7-6-23-19(12-31)13-2-3-13/h4-5,8-11,13,19,23,32H,2-3,6-7,12H2,1H3/t19-/m1/s1. The molecule has 10 nitrogen and oxygen atoms in total. The molecule has 2 N–H and O–H groups in total. The van der Waals surface area contributed by atoms with Crippen molar-refractivity contribution in [2.75, 3.05) is 24.5 Å². The van der Waals surface area contributed by atoms with Gasteiger partial charge in [0.2, 0.25) is 5.95 Å². The molecule has 1 aliphatic heterocycles. The van der Waals surface area contributed by atoms with Gasteiger partial charge in [0.1, 0.15) is 22.5 Å². The largest absolute Gasteiger partial charge is 0.507 e. The minimum Gasteiger partial charge on any atom is -0.507 e. The molecule has 0 unspecified atom stereocenters. The van der Waals surface area contributed by atoms with Crippen LogP contribution in [-0.4, -0.2) is 65.9 Å². The van der Waals surface area contributed by atoms with Gasteiger partial charge in [-0.3, -0.25) is 4.98 Å². The van der Waals surface area contributed by atoms with E-state index in [0.717, 1.165) is 42.1 Å². The highest BCUT2D eigenvalue weighted by molar-refractivity contribution is 5.80. The zero-order chi connectivity index (χ0) is 21.7. The van der Waals surface area contributed by atoms with Gasteiger partial charge < -0.3 is 15.3 Å². The molecule has 4 aromatic rings. The average Bonchev–Trinajstić information content (AvgIpc) is 3.62. The number of aromatic hydroxyl groups is 1. The van der Waals surface area contributed by atoms with Crippen LogP contribution in [0, 0.1) is 5.92 Å². The first-order valence-corrected chi connectivity index (χ1v) is 10.8. The Morgan fingerprint density at radius 3 is 2.72 bits per heavy atom. The topological polar surface area (TPSA) is 118 Å². The number of nitrogens with zero attached hydrogens (tertiary/aromatic N) is 8. The van der Waals surface area contributed by atoms with Crippen LogP contribution in [0.15, 0.2) is 36.7 Å². The fraction of sp³-hybridized carbons (Fsp3) is 0.364. The summed E-state index contributed by atoms with van der Waals surface area (Å²) >= 11 is 0. The van der Waals surface area contributed by atoms with Gasteiger partial charge in [0.05, 0.1) is 18.1 Å². The van der Waals surface area contributed by atoms with Gasteiger partial charge in [0.15, 0.2) is 0 Å². The molecule has 2 aliphatic rings. The van der Waals surface area contributed by atoms with Crippen LogP contribution in [0.1, 0.15) is 12.8 Å². The summed E-state index contributed by atoms with van der Waals surface area (Å²) in [6.07, 6.45) is 6.02. The molecule has 3 aromatic heterocycles. The number of phenolic OH excluding ortho intramolecular Hbond substituents is 1. The zero-order valence-electron chi connectivity index (χ0n) is 17.7. The van der Waals surface area contributed by atoms with E-state index < -0.39 is 0 Å². The lowest BCUT2D eigenvalue weighted by Gasteiger charge is -2.33. The number of nitrogens with one attached hydrogen (secondary N) is 1. The molecule has 1 atom stereocenters. The zero-order valence-corrected chi connectivity index (χ0v) is 17.7. The van der Waals surface area contributed by atoms with Crippen LogP contribution in [-0.2, 0) is 7.05 Å². The van der Waals surface area contributed by atoms with Crippen LogP contribution in [0.4, 0.5) is 5.95 Å². The fourth-order valence-corrected chi connectivity index (χ4v) is 4.31. The molecule has 0 bridgehead atoms. The van der Waals surface area contributed by atoms with E-state index in [1.165, 1.54) is 12.8 Å². The summed E-state index contributed by atoms with van der Waals surface area (Å²) in [7, 11) is 1.82. The maximum absolute atomic E-state index is 10.7. The molecule has 2 fully saturated rings. The second-order valence-electron chi connectivity index (χ2n) is 8.49. The predicted octanol–water partition coefficient (Wildman–Crippen LogP) is 1.78. The molecule has 1 aliphatic carbocycles. The molecule has 6 rings (SSSR count). The Bertz CT molecular complexity index is 1280. The Balaban J connectivity index is 1.23. The summed E-state index contributed by atoms with van der Waals surface area (Å²) in [5.74, 6) is 1.52. The van der Waals surface area contributed by atoms with Crippen molar-refractivity contribution >= 4 is 17.0 Å². The van der Waals surface area contributed by atoms with E-state index in [9.17, 15) is 5.11 Å². The highest BCUT2D eigenvalue weighted by atomic mass is 16.3. The number of piperazine rings is 1. The van der Waals surface area contributed by atoms with Crippen LogP contribution < -0.4 is 10.2 Å². The number of rotatable bonds is 4. The van der Waals surface area contributed by atoms with Gasteiger partial charge in [-0.25, -0.2) is 9.67 Å². The molecule has 1 saturated carbocycles. The Morgan fingerprint density at radius 2 is 1.94 bits per heavy atom. The SMILES string of the molecule is Cn1nnc2cc(-c3ccc(-c4cnc(N5CCN[C@@H](C6CC6)C5)nn4)c(O)c3)ncc21. The van der Waals surface area contributed by atoms with Gasteiger partial charge in [-0.2, -0.15) is 0 Å². The number of hydrogen-bond donors (Lipinski definition) is 2. The maximum atomic E-state index is 10.7. The lowest BCUT2D eigenvalue weighted by atomic mass is 10.1. The van der Waals surface area contributed by atoms with Crippen molar-refractivity contribution in [1.29, 1.82) is 0 Å². The highest BCUT2D eigenvalue weighted by Crippen LogP contribution is 2.34. The van der Waals surface area contributed by atoms with Gasteiger partial charge in [0, 0.05) is 43.9 Å². The minimum atomic E-state index is 0.100. The van der Waals surface area contributed by atoms with Crippen LogP contribution in [0.5, 0.6) is 5.75 Å². The molecule has 162 valence electrons. The first-order chi connectivity index (χ1) is 15.7. The number of fused-ring (bicyclic) bond motifs is 1. The quantitative estimate of drug-likeness (QED) is 0.500. The highest BCUT2D eigenvalue weighted by Gasteiger charge is 2.34. The summed E-state index contributed by atoms with van der Waals surface area (Å²) in [5.41, 5.74) is 4.21. The number of benzene rings is 1. The Kier molecular flexibility index (Phi) is 4.46. The number of anilines is 1. The predicted molar refractivity (Wildman–Crippen MR) is 119 cm³/mol. The van der Waals surface area contributed by atoms with Crippen molar-refractivity contribution < 1.29 is 5.11 Å². The molecular formula is C22H23N9O. The van der Waals surface area contributed by atoms with Crippen molar-refractivity contribution in [3.63, 3.8) is 0 Å². The summed E-state index contributed by atoms with van der Waals surface area (Å²) in [4.78, 5) is 11.2. The molecule has 4 heterocycles. The molecule has 0 spiro atoms. The van der Waals surface area contributed by atoms with Gasteiger partial charge in [-0.05, 0) is 37.0 Å². The van der Waals surface area contributed by atoms with Gasteiger partial charge >= 0.3 is 0 Å². The van der Waals surface area contributed by atoms with Crippen LogP contribution in [0.25, 0.3) is 33.5 Å². The molecule has 1 aromatic carbocycles. The Labute approximate surface area is 184 Å². The molecule has 0 amide bonds. The Hall–Kier alpha value is -3.66. The molecule has 1 saturated heterocycles. The Morgan fingerprint density at radius 1 is 1.03 bits per heavy atom. The van der Waals surface area contributed by atoms with E-state index >= 15 is 0 Å². The van der Waals surface area contributed by atoms with Crippen LogP contribution >= 0.6 is 0 Å². The van der Waals surface area contributed by atoms with E-state index in [0.29, 0.717) is 28.9 Å². The number of pyridine rings is 1. The summed E-state index contributed by atoms with van der Waals surface area (Å²) < 4.78 is 1.68. The summed E-state index contributed by atoms with van der Waals surface area (Å²) in [6.45, 7) is 2.71. The number of phenols is 1. The first kappa shape index (κ1) is 19.1. The first-order valence-electron chi connectivity index (χ1n) is 10.8. The third-order valence-corrected chi connectivity index (χ3v) is 6.30. The van der Waals surface area contributed by atoms with Crippen LogP contribution in [0.2, 0.25) is 0 Å². The number of aromatic nitrogens is 7. The van der Waals surface area contributed by atoms with Crippen molar-refractivity contribution in [3.05, 3.63) is 36.7 Å². The second kappa shape index (κ2) is 7.49. The normalized spacial score (nSPS) is 18.9. The molecule has 32 heavy (non-hydrogen) atoms. The molecule has 10 heteroatoms. The third kappa shape index (κ3) is 3.42. The molecule has 0 radical (unpaired) electrons. The van der Waals surface area contributed by atoms with Gasteiger partial charge in [0.25, 0.3) is 0 Å². The summed E-state index contributed by atoms with van der Waals surface area (Å²) in [5, 5.41) is 31.1. The van der Waals surface area contributed by atoms with E-state index in [1.807, 2.05) is 25.2 Å².